The maximum Gasteiger partial charge on any atom is 0.363 e. The van der Waals surface area contributed by atoms with E-state index < -0.39 is 11.5 Å². The molecule has 4 aromatic carbocycles. The molecule has 0 aliphatic rings. The minimum absolute atomic E-state index is 0.0728. The van der Waals surface area contributed by atoms with Gasteiger partial charge in [0, 0.05) is 29.8 Å². The Balaban J connectivity index is 1.28. The van der Waals surface area contributed by atoms with Crippen molar-refractivity contribution in [1.29, 1.82) is 0 Å². The lowest BCUT2D eigenvalue weighted by Crippen LogP contribution is -2.25. The van der Waals surface area contributed by atoms with Crippen LogP contribution in [0.2, 0.25) is 0 Å². The highest BCUT2D eigenvalue weighted by Crippen LogP contribution is 2.31. The third-order valence-electron chi connectivity index (χ3n) is 7.13. The van der Waals surface area contributed by atoms with Crippen LogP contribution in [-0.2, 0) is 19.8 Å². The number of nitrogens with zero attached hydrogens (tertiary/aromatic N) is 1. The van der Waals surface area contributed by atoms with Crippen LogP contribution in [0, 0.1) is 6.92 Å². The van der Waals surface area contributed by atoms with Gasteiger partial charge >= 0.3 is 5.63 Å². The molecular weight excluding hydrogens is 552 g/mol. The zero-order chi connectivity index (χ0) is 30.3. The molecule has 0 saturated heterocycles. The zero-order valence-electron chi connectivity index (χ0n) is 24.2. The first-order valence-electron chi connectivity index (χ1n) is 14.3. The Morgan fingerprint density at radius 1 is 0.750 bits per heavy atom. The summed E-state index contributed by atoms with van der Waals surface area (Å²) in [5, 5.41) is 3.47. The summed E-state index contributed by atoms with van der Waals surface area (Å²) in [4.78, 5) is 30.7. The largest absolute Gasteiger partial charge is 0.489 e. The van der Waals surface area contributed by atoms with Gasteiger partial charge < -0.3 is 19.2 Å². The fourth-order valence-corrected chi connectivity index (χ4v) is 4.89. The molecule has 2 aromatic heterocycles. The number of amides is 1. The van der Waals surface area contributed by atoms with E-state index in [9.17, 15) is 9.59 Å². The summed E-state index contributed by atoms with van der Waals surface area (Å²) in [6.45, 7) is 2.89. The summed E-state index contributed by atoms with van der Waals surface area (Å²) in [5.74, 6) is 0.613. The van der Waals surface area contributed by atoms with Crippen molar-refractivity contribution < 1.29 is 18.7 Å². The molecule has 0 spiro atoms. The fraction of sp³-hybridized carbons (Fsp3) is 0.108. The Morgan fingerprint density at radius 3 is 1.98 bits per heavy atom. The molecule has 0 radical (unpaired) electrons. The van der Waals surface area contributed by atoms with Gasteiger partial charge in [-0.1, -0.05) is 96.6 Å². The number of hydrogen-bond acceptors (Lipinski definition) is 6. The van der Waals surface area contributed by atoms with Crippen molar-refractivity contribution >= 4 is 16.8 Å². The predicted molar refractivity (Wildman–Crippen MR) is 170 cm³/mol. The highest BCUT2D eigenvalue weighted by molar-refractivity contribution is 6.06. The first-order chi connectivity index (χ1) is 21.5. The van der Waals surface area contributed by atoms with Crippen LogP contribution in [0.25, 0.3) is 22.0 Å². The molecule has 0 saturated carbocycles. The number of rotatable bonds is 10. The highest BCUT2D eigenvalue weighted by atomic mass is 16.5. The zero-order valence-corrected chi connectivity index (χ0v) is 24.2. The monoisotopic (exact) mass is 582 g/mol. The number of fused-ring (bicyclic) bond motifs is 1. The maximum absolute atomic E-state index is 13.6. The second kappa shape index (κ2) is 13.1. The Morgan fingerprint density at radius 2 is 1.36 bits per heavy atom. The topological polar surface area (TPSA) is 90.7 Å². The number of aromatic nitrogens is 1. The number of aryl methyl sites for hydroxylation is 1. The van der Waals surface area contributed by atoms with Gasteiger partial charge in [-0.25, -0.2) is 9.78 Å². The summed E-state index contributed by atoms with van der Waals surface area (Å²) in [7, 11) is 0. The molecule has 6 rings (SSSR count). The Kier molecular flexibility index (Phi) is 8.46. The molecule has 0 fully saturated rings. The van der Waals surface area contributed by atoms with Gasteiger partial charge in [0.05, 0.1) is 0 Å². The van der Waals surface area contributed by atoms with E-state index in [4.69, 9.17) is 13.9 Å². The second-order valence-corrected chi connectivity index (χ2v) is 10.4. The number of carbonyl (C=O) groups excluding carboxylic acids is 1. The molecule has 1 amide bonds. The molecule has 0 atom stereocenters. The lowest BCUT2D eigenvalue weighted by Gasteiger charge is -2.14. The first-order valence-corrected chi connectivity index (χ1v) is 14.3. The summed E-state index contributed by atoms with van der Waals surface area (Å²) >= 11 is 0. The molecule has 218 valence electrons. The molecule has 0 aliphatic heterocycles. The minimum atomic E-state index is -0.672. The SMILES string of the molecule is Cc1ccc(-c2c(C(=O)NCc3cc(OCc4ccccc4)cc(OCc4ccccc4)c3)oc(=O)c3ncccc23)cc1. The van der Waals surface area contributed by atoms with Gasteiger partial charge in [-0.05, 0) is 47.4 Å². The number of pyridine rings is 1. The van der Waals surface area contributed by atoms with Crippen molar-refractivity contribution in [1.82, 2.24) is 10.3 Å². The predicted octanol–water partition coefficient (Wildman–Crippen LogP) is 7.25. The smallest absolute Gasteiger partial charge is 0.363 e. The lowest BCUT2D eigenvalue weighted by molar-refractivity contribution is 0.0920. The molecule has 7 nitrogen and oxygen atoms in total. The average Bonchev–Trinajstić information content (AvgIpc) is 3.07. The second-order valence-electron chi connectivity index (χ2n) is 10.4. The number of hydrogen-bond donors (Lipinski definition) is 1. The van der Waals surface area contributed by atoms with Gasteiger partial charge in [0.15, 0.2) is 5.52 Å². The van der Waals surface area contributed by atoms with Crippen LogP contribution in [0.5, 0.6) is 11.5 Å². The molecule has 7 heteroatoms. The van der Waals surface area contributed by atoms with Crippen LogP contribution < -0.4 is 20.4 Å². The van der Waals surface area contributed by atoms with Crippen LogP contribution in [0.15, 0.2) is 131 Å². The van der Waals surface area contributed by atoms with Crippen molar-refractivity contribution in [2.45, 2.75) is 26.7 Å². The van der Waals surface area contributed by atoms with Crippen LogP contribution >= 0.6 is 0 Å². The third-order valence-corrected chi connectivity index (χ3v) is 7.13. The summed E-state index contributed by atoms with van der Waals surface area (Å²) in [6, 6.07) is 36.5. The van der Waals surface area contributed by atoms with Gasteiger partial charge in [0.1, 0.15) is 24.7 Å². The first kappa shape index (κ1) is 28.4. The Labute approximate surface area is 254 Å². The van der Waals surface area contributed by atoms with Crippen LogP contribution in [0.3, 0.4) is 0 Å². The molecule has 44 heavy (non-hydrogen) atoms. The van der Waals surface area contributed by atoms with E-state index >= 15 is 0 Å². The fourth-order valence-electron chi connectivity index (χ4n) is 4.89. The Hall–Kier alpha value is -5.69. The lowest BCUT2D eigenvalue weighted by atomic mass is 9.99. The van der Waals surface area contributed by atoms with E-state index in [2.05, 4.69) is 10.3 Å². The maximum atomic E-state index is 13.6. The normalized spacial score (nSPS) is 10.8. The molecular formula is C37H30N2O5. The van der Waals surface area contributed by atoms with Gasteiger partial charge in [-0.3, -0.25) is 4.79 Å². The van der Waals surface area contributed by atoms with Crippen molar-refractivity contribution in [3.8, 4) is 22.6 Å². The van der Waals surface area contributed by atoms with Gasteiger partial charge in [0.2, 0.25) is 5.76 Å². The minimum Gasteiger partial charge on any atom is -0.489 e. The van der Waals surface area contributed by atoms with Gasteiger partial charge in [0.25, 0.3) is 5.91 Å². The molecule has 0 aliphatic carbocycles. The molecule has 0 bridgehead atoms. The van der Waals surface area contributed by atoms with E-state index in [1.54, 1.807) is 12.1 Å². The van der Waals surface area contributed by atoms with Crippen LogP contribution in [0.4, 0.5) is 0 Å². The van der Waals surface area contributed by atoms with E-state index in [1.165, 1.54) is 6.20 Å². The summed E-state index contributed by atoms with van der Waals surface area (Å²) in [6.07, 6.45) is 1.53. The number of carbonyl (C=O) groups is 1. The van der Waals surface area contributed by atoms with Crippen molar-refractivity contribution in [2.75, 3.05) is 0 Å². The van der Waals surface area contributed by atoms with Gasteiger partial charge in [-0.15, -0.1) is 0 Å². The van der Waals surface area contributed by atoms with E-state index in [0.29, 0.717) is 35.7 Å². The van der Waals surface area contributed by atoms with Gasteiger partial charge in [-0.2, -0.15) is 0 Å². The third kappa shape index (κ3) is 6.68. The number of ether oxygens (including phenoxy) is 2. The standard InChI is InChI=1S/C37H30N2O5/c1-25-14-16-29(17-15-25)33-32-13-8-18-38-34(32)37(41)44-35(33)36(40)39-22-28-19-30(42-23-26-9-4-2-5-10-26)21-31(20-28)43-24-27-11-6-3-7-12-27/h2-21H,22-24H2,1H3,(H,39,40). The molecule has 2 heterocycles. The highest BCUT2D eigenvalue weighted by Gasteiger charge is 2.22. The molecule has 0 unspecified atom stereocenters. The van der Waals surface area contributed by atoms with E-state index in [0.717, 1.165) is 27.8 Å². The Bertz CT molecular complexity index is 1890. The summed E-state index contributed by atoms with van der Waals surface area (Å²) in [5.41, 5.74) is 4.64. The van der Waals surface area contributed by atoms with Crippen molar-refractivity contribution in [3.05, 3.63) is 160 Å². The van der Waals surface area contributed by atoms with E-state index in [-0.39, 0.29) is 17.8 Å². The van der Waals surface area contributed by atoms with Crippen LogP contribution in [0.1, 0.15) is 32.8 Å². The average molecular weight is 583 g/mol. The summed E-state index contributed by atoms with van der Waals surface area (Å²) < 4.78 is 17.8. The molecule has 6 aromatic rings. The number of nitrogens with one attached hydrogen (secondary N) is 1. The quantitative estimate of drug-likeness (QED) is 0.183. The van der Waals surface area contributed by atoms with Crippen molar-refractivity contribution in [2.24, 2.45) is 0 Å². The van der Waals surface area contributed by atoms with E-state index in [1.807, 2.05) is 110 Å². The number of benzene rings is 4. The molecule has 1 N–H and O–H groups in total. The van der Waals surface area contributed by atoms with Crippen LogP contribution in [-0.4, -0.2) is 10.9 Å². The van der Waals surface area contributed by atoms with Crippen molar-refractivity contribution in [3.63, 3.8) is 0 Å².